The fourth-order valence-electron chi connectivity index (χ4n) is 1.53. The lowest BCUT2D eigenvalue weighted by molar-refractivity contribution is 0.0853. The van der Waals surface area contributed by atoms with E-state index in [4.69, 9.17) is 0 Å². The quantitative estimate of drug-likeness (QED) is 0.869. The van der Waals surface area contributed by atoms with Crippen LogP contribution in [0, 0.1) is 11.2 Å². The van der Waals surface area contributed by atoms with E-state index in [-0.39, 0.29) is 16.9 Å². The standard InChI is InChI=1S/C15H22FNO2S/c1-14(2,3)13(18)11-9-10(7-8-12(11)16)20(19)17-15(4,5)6/h7-9,17H,1-6H3. The minimum absolute atomic E-state index is 0.0148. The summed E-state index contributed by atoms with van der Waals surface area (Å²) in [6.45, 7) is 10.8. The number of hydrogen-bond acceptors (Lipinski definition) is 2. The van der Waals surface area contributed by atoms with Gasteiger partial charge in [-0.3, -0.25) is 4.79 Å². The molecule has 0 amide bonds. The summed E-state index contributed by atoms with van der Waals surface area (Å²) < 4.78 is 28.9. The molecule has 0 aromatic heterocycles. The minimum atomic E-state index is -1.48. The van der Waals surface area contributed by atoms with E-state index in [2.05, 4.69) is 4.72 Å². The Labute approximate surface area is 122 Å². The number of nitrogens with one attached hydrogen (secondary N) is 1. The van der Waals surface area contributed by atoms with Crippen LogP contribution in [0.1, 0.15) is 51.9 Å². The van der Waals surface area contributed by atoms with Crippen LogP contribution in [0.4, 0.5) is 4.39 Å². The van der Waals surface area contributed by atoms with Crippen LogP contribution in [-0.4, -0.2) is 15.5 Å². The molecule has 20 heavy (non-hydrogen) atoms. The molecule has 1 aromatic carbocycles. The number of ketones is 1. The predicted octanol–water partition coefficient (Wildman–Crippen LogP) is 3.47. The van der Waals surface area contributed by atoms with Gasteiger partial charge in [-0.25, -0.2) is 13.3 Å². The van der Waals surface area contributed by atoms with Crippen molar-refractivity contribution < 1.29 is 13.4 Å². The van der Waals surface area contributed by atoms with Crippen LogP contribution in [0.15, 0.2) is 23.1 Å². The Bertz CT molecular complexity index is 542. The summed E-state index contributed by atoms with van der Waals surface area (Å²) in [5.41, 5.74) is -1.04. The normalized spacial score (nSPS) is 14.2. The summed E-state index contributed by atoms with van der Waals surface area (Å²) in [5.74, 6) is -0.883. The fourth-order valence-corrected chi connectivity index (χ4v) is 2.63. The van der Waals surface area contributed by atoms with E-state index >= 15 is 0 Å². The summed E-state index contributed by atoms with van der Waals surface area (Å²) in [6.07, 6.45) is 0. The second kappa shape index (κ2) is 5.74. The van der Waals surface area contributed by atoms with Crippen LogP contribution in [0.25, 0.3) is 0 Å². The highest BCUT2D eigenvalue weighted by atomic mass is 32.2. The molecule has 112 valence electrons. The third kappa shape index (κ3) is 4.49. The summed E-state index contributed by atoms with van der Waals surface area (Å²) in [4.78, 5) is 12.6. The van der Waals surface area contributed by atoms with Crippen molar-refractivity contribution in [3.05, 3.63) is 29.6 Å². The Morgan fingerprint density at radius 1 is 1.15 bits per heavy atom. The molecular weight excluding hydrogens is 277 g/mol. The van der Waals surface area contributed by atoms with Gasteiger partial charge in [0.2, 0.25) is 0 Å². The van der Waals surface area contributed by atoms with Gasteiger partial charge >= 0.3 is 0 Å². The maximum atomic E-state index is 13.8. The van der Waals surface area contributed by atoms with Crippen LogP contribution >= 0.6 is 0 Å². The molecular formula is C15H22FNO2S. The molecule has 1 N–H and O–H groups in total. The molecule has 0 aliphatic rings. The van der Waals surface area contributed by atoms with Gasteiger partial charge in [0.25, 0.3) is 0 Å². The Balaban J connectivity index is 3.16. The van der Waals surface area contributed by atoms with E-state index < -0.39 is 22.2 Å². The average molecular weight is 299 g/mol. The molecule has 0 bridgehead atoms. The van der Waals surface area contributed by atoms with Gasteiger partial charge in [-0.1, -0.05) is 20.8 Å². The van der Waals surface area contributed by atoms with Crippen LogP contribution in [0.3, 0.4) is 0 Å². The Morgan fingerprint density at radius 3 is 2.15 bits per heavy atom. The number of carbonyl (C=O) groups excluding carboxylic acids is 1. The number of hydrogen-bond donors (Lipinski definition) is 1. The van der Waals surface area contributed by atoms with Gasteiger partial charge in [0.15, 0.2) is 5.78 Å². The van der Waals surface area contributed by atoms with Crippen molar-refractivity contribution in [2.24, 2.45) is 5.41 Å². The number of halogens is 1. The van der Waals surface area contributed by atoms with E-state index in [1.165, 1.54) is 18.2 Å². The first-order valence-corrected chi connectivity index (χ1v) is 7.61. The first-order valence-electron chi connectivity index (χ1n) is 6.46. The number of benzene rings is 1. The topological polar surface area (TPSA) is 46.2 Å². The van der Waals surface area contributed by atoms with Crippen LogP contribution in [0.5, 0.6) is 0 Å². The fraction of sp³-hybridized carbons (Fsp3) is 0.533. The van der Waals surface area contributed by atoms with Crippen molar-refractivity contribution in [2.75, 3.05) is 0 Å². The second-order valence-electron chi connectivity index (χ2n) is 6.84. The molecule has 3 nitrogen and oxygen atoms in total. The van der Waals surface area contributed by atoms with Crippen molar-refractivity contribution in [3.63, 3.8) is 0 Å². The third-order valence-electron chi connectivity index (χ3n) is 2.48. The van der Waals surface area contributed by atoms with Gasteiger partial charge in [0.05, 0.1) is 10.5 Å². The summed E-state index contributed by atoms with van der Waals surface area (Å²) in [7, 11) is -1.48. The first-order chi connectivity index (χ1) is 8.92. The van der Waals surface area contributed by atoms with Gasteiger partial charge < -0.3 is 0 Å². The molecule has 0 saturated heterocycles. The maximum Gasteiger partial charge on any atom is 0.171 e. The van der Waals surface area contributed by atoms with Crippen molar-refractivity contribution in [1.82, 2.24) is 4.72 Å². The largest absolute Gasteiger partial charge is 0.293 e. The third-order valence-corrected chi connectivity index (χ3v) is 3.96. The van der Waals surface area contributed by atoms with Crippen molar-refractivity contribution in [2.45, 2.75) is 52.0 Å². The Kier molecular flexibility index (Phi) is 4.87. The van der Waals surface area contributed by atoms with Gasteiger partial charge in [0, 0.05) is 11.0 Å². The molecule has 5 heteroatoms. The predicted molar refractivity (Wildman–Crippen MR) is 79.5 cm³/mol. The summed E-state index contributed by atoms with van der Waals surface area (Å²) in [6, 6.07) is 4.00. The average Bonchev–Trinajstić information content (AvgIpc) is 2.25. The molecule has 0 saturated carbocycles. The highest BCUT2D eigenvalue weighted by molar-refractivity contribution is 7.83. The Morgan fingerprint density at radius 2 is 1.70 bits per heavy atom. The zero-order chi connectivity index (χ0) is 15.7. The van der Waals surface area contributed by atoms with E-state index in [1.807, 2.05) is 20.8 Å². The molecule has 0 fully saturated rings. The van der Waals surface area contributed by atoms with Crippen molar-refractivity contribution >= 4 is 16.8 Å². The van der Waals surface area contributed by atoms with E-state index in [1.54, 1.807) is 20.8 Å². The van der Waals surface area contributed by atoms with Crippen molar-refractivity contribution in [3.8, 4) is 0 Å². The molecule has 1 aromatic rings. The van der Waals surface area contributed by atoms with E-state index in [9.17, 15) is 13.4 Å². The Hall–Kier alpha value is -1.07. The van der Waals surface area contributed by atoms with Crippen LogP contribution < -0.4 is 4.72 Å². The smallest absolute Gasteiger partial charge is 0.171 e. The minimum Gasteiger partial charge on any atom is -0.293 e. The summed E-state index contributed by atoms with van der Waals surface area (Å²) >= 11 is 0. The highest BCUT2D eigenvalue weighted by Crippen LogP contribution is 2.24. The zero-order valence-corrected chi connectivity index (χ0v) is 13.7. The second-order valence-corrected chi connectivity index (χ2v) is 8.05. The first kappa shape index (κ1) is 17.0. The lowest BCUT2D eigenvalue weighted by Crippen LogP contribution is -2.37. The molecule has 1 rings (SSSR count). The highest BCUT2D eigenvalue weighted by Gasteiger charge is 2.26. The molecule has 0 aliphatic heterocycles. The molecule has 1 atom stereocenters. The van der Waals surface area contributed by atoms with Crippen molar-refractivity contribution in [1.29, 1.82) is 0 Å². The number of rotatable bonds is 3. The van der Waals surface area contributed by atoms with Gasteiger partial charge in [-0.15, -0.1) is 0 Å². The summed E-state index contributed by atoms with van der Waals surface area (Å²) in [5, 5.41) is 0. The number of carbonyl (C=O) groups is 1. The maximum absolute atomic E-state index is 13.8. The lowest BCUT2D eigenvalue weighted by atomic mass is 9.86. The van der Waals surface area contributed by atoms with Gasteiger partial charge in [-0.2, -0.15) is 0 Å². The molecule has 1 unspecified atom stereocenters. The van der Waals surface area contributed by atoms with E-state index in [0.717, 1.165) is 0 Å². The zero-order valence-electron chi connectivity index (χ0n) is 12.8. The molecule has 0 heterocycles. The van der Waals surface area contributed by atoms with E-state index in [0.29, 0.717) is 4.90 Å². The monoisotopic (exact) mass is 299 g/mol. The molecule has 0 aliphatic carbocycles. The van der Waals surface area contributed by atoms with Crippen LogP contribution in [0.2, 0.25) is 0 Å². The SMILES string of the molecule is CC(C)(C)NS(=O)c1ccc(F)c(C(=O)C(C)(C)C)c1. The number of Topliss-reactive ketones (excluding diaryl/α,β-unsaturated/α-hetero) is 1. The molecule has 0 radical (unpaired) electrons. The van der Waals surface area contributed by atoms with Crippen LogP contribution in [-0.2, 0) is 11.0 Å². The lowest BCUT2D eigenvalue weighted by Gasteiger charge is -2.20. The molecule has 0 spiro atoms. The van der Waals surface area contributed by atoms with Gasteiger partial charge in [0.1, 0.15) is 16.8 Å². The van der Waals surface area contributed by atoms with Gasteiger partial charge in [-0.05, 0) is 39.0 Å².